The zero-order valence-electron chi connectivity index (χ0n) is 17.0. The first kappa shape index (κ1) is 25.5. The van der Waals surface area contributed by atoms with Gasteiger partial charge in [-0.25, -0.2) is 4.98 Å². The topological polar surface area (TPSA) is 72.9 Å². The number of carbonyl (C=O) groups excluding carboxylic acids is 1. The van der Waals surface area contributed by atoms with Crippen molar-refractivity contribution in [3.05, 3.63) is 54.1 Å². The normalized spacial score (nSPS) is 14.7. The van der Waals surface area contributed by atoms with Crippen molar-refractivity contribution < 1.29 is 4.79 Å². The van der Waals surface area contributed by atoms with Crippen molar-refractivity contribution in [3.8, 4) is 0 Å². The number of rotatable bonds is 10. The van der Waals surface area contributed by atoms with Crippen LogP contribution in [0.15, 0.2) is 42.9 Å². The smallest absolute Gasteiger partial charge is 0.237 e. The van der Waals surface area contributed by atoms with E-state index in [9.17, 15) is 4.79 Å². The molecule has 1 aromatic heterocycles. The van der Waals surface area contributed by atoms with Gasteiger partial charge in [0.05, 0.1) is 18.1 Å². The van der Waals surface area contributed by atoms with Gasteiger partial charge >= 0.3 is 0 Å². The highest BCUT2D eigenvalue weighted by Crippen LogP contribution is 2.28. The first-order chi connectivity index (χ1) is 13.2. The molecule has 0 saturated heterocycles. The minimum absolute atomic E-state index is 0. The van der Waals surface area contributed by atoms with Crippen LogP contribution in [0.2, 0.25) is 0 Å². The summed E-state index contributed by atoms with van der Waals surface area (Å²) in [4.78, 5) is 16.6. The van der Waals surface area contributed by atoms with E-state index in [1.165, 1.54) is 44.1 Å². The molecular weight excluding hydrogens is 407 g/mol. The zero-order chi connectivity index (χ0) is 18.9. The summed E-state index contributed by atoms with van der Waals surface area (Å²) in [5.74, 6) is 0.849. The van der Waals surface area contributed by atoms with Gasteiger partial charge < -0.3 is 15.6 Å². The van der Waals surface area contributed by atoms with Gasteiger partial charge in [0.25, 0.3) is 0 Å². The van der Waals surface area contributed by atoms with Gasteiger partial charge in [-0.2, -0.15) is 0 Å². The molecule has 5 nitrogen and oxygen atoms in total. The number of unbranched alkanes of at least 4 members (excludes halogenated alkanes) is 1. The molecule has 3 N–H and O–H groups in total. The molecule has 0 spiro atoms. The minimum atomic E-state index is -0.542. The van der Waals surface area contributed by atoms with Crippen molar-refractivity contribution in [1.29, 1.82) is 0 Å². The maximum atomic E-state index is 12.2. The molecule has 1 aliphatic rings. The van der Waals surface area contributed by atoms with Gasteiger partial charge in [0.1, 0.15) is 0 Å². The molecule has 29 heavy (non-hydrogen) atoms. The third kappa shape index (κ3) is 8.77. The standard InChI is InChI=1S/C22H32N4O.2ClH/c23-21(22(27)24-13-7-6-10-18-8-4-5-9-18)14-20-16-26(17-25-20)15-19-11-2-1-3-12-19;;/h1-3,11-12,16-18,21H,4-10,13-15,23H2,(H,24,27);2*1H/t21-;;/m0../s1. The van der Waals surface area contributed by atoms with Crippen LogP contribution in [-0.2, 0) is 17.8 Å². The monoisotopic (exact) mass is 440 g/mol. The van der Waals surface area contributed by atoms with Gasteiger partial charge in [-0.3, -0.25) is 4.79 Å². The van der Waals surface area contributed by atoms with Crippen LogP contribution >= 0.6 is 24.8 Å². The van der Waals surface area contributed by atoms with E-state index >= 15 is 0 Å². The van der Waals surface area contributed by atoms with Crippen LogP contribution in [0.5, 0.6) is 0 Å². The quantitative estimate of drug-likeness (QED) is 0.545. The van der Waals surface area contributed by atoms with E-state index in [1.54, 1.807) is 6.33 Å². The molecule has 1 fully saturated rings. The fourth-order valence-electron chi connectivity index (χ4n) is 3.91. The Morgan fingerprint density at radius 2 is 1.90 bits per heavy atom. The number of halogens is 2. The highest BCUT2D eigenvalue weighted by atomic mass is 35.5. The molecule has 1 aromatic carbocycles. The molecule has 1 atom stereocenters. The Bertz CT molecular complexity index is 702. The van der Waals surface area contributed by atoms with E-state index in [1.807, 2.05) is 29.0 Å². The summed E-state index contributed by atoms with van der Waals surface area (Å²) < 4.78 is 2.03. The van der Waals surface area contributed by atoms with Crippen LogP contribution < -0.4 is 11.1 Å². The van der Waals surface area contributed by atoms with E-state index < -0.39 is 6.04 Å². The molecule has 1 saturated carbocycles. The molecule has 2 aromatic rings. The van der Waals surface area contributed by atoms with Crippen LogP contribution in [0.25, 0.3) is 0 Å². The lowest BCUT2D eigenvalue weighted by molar-refractivity contribution is -0.122. The van der Waals surface area contributed by atoms with E-state index in [0.29, 0.717) is 6.42 Å². The van der Waals surface area contributed by atoms with E-state index in [2.05, 4.69) is 22.4 Å². The average Bonchev–Trinajstić information content (AvgIpc) is 3.34. The van der Waals surface area contributed by atoms with Crippen molar-refractivity contribution in [2.24, 2.45) is 11.7 Å². The number of hydrogen-bond acceptors (Lipinski definition) is 3. The zero-order valence-corrected chi connectivity index (χ0v) is 18.6. The predicted molar refractivity (Wildman–Crippen MR) is 123 cm³/mol. The summed E-state index contributed by atoms with van der Waals surface area (Å²) in [5, 5.41) is 2.98. The third-order valence-corrected chi connectivity index (χ3v) is 5.47. The molecule has 3 rings (SSSR count). The molecule has 1 amide bonds. The Kier molecular flexibility index (Phi) is 12.0. The molecule has 0 bridgehead atoms. The summed E-state index contributed by atoms with van der Waals surface area (Å²) >= 11 is 0. The van der Waals surface area contributed by atoms with Crippen LogP contribution in [0.3, 0.4) is 0 Å². The highest BCUT2D eigenvalue weighted by Gasteiger charge is 2.16. The van der Waals surface area contributed by atoms with Crippen molar-refractivity contribution in [1.82, 2.24) is 14.9 Å². The van der Waals surface area contributed by atoms with Gasteiger partial charge in [0.15, 0.2) is 0 Å². The number of amides is 1. The first-order valence-corrected chi connectivity index (χ1v) is 10.3. The second-order valence-electron chi connectivity index (χ2n) is 7.77. The Hall–Kier alpha value is -1.56. The largest absolute Gasteiger partial charge is 0.355 e. The van der Waals surface area contributed by atoms with Crippen LogP contribution in [0.4, 0.5) is 0 Å². The lowest BCUT2D eigenvalue weighted by atomic mass is 10.0. The average molecular weight is 441 g/mol. The molecule has 1 heterocycles. The summed E-state index contributed by atoms with van der Waals surface area (Å²) in [7, 11) is 0. The van der Waals surface area contributed by atoms with Crippen molar-refractivity contribution in [2.75, 3.05) is 6.54 Å². The number of nitrogens with zero attached hydrogens (tertiary/aromatic N) is 2. The van der Waals surface area contributed by atoms with Crippen molar-refractivity contribution in [2.45, 2.75) is 64.0 Å². The van der Waals surface area contributed by atoms with E-state index in [-0.39, 0.29) is 30.7 Å². The second-order valence-corrected chi connectivity index (χ2v) is 7.77. The van der Waals surface area contributed by atoms with Gasteiger partial charge in [0.2, 0.25) is 5.91 Å². The minimum Gasteiger partial charge on any atom is -0.355 e. The van der Waals surface area contributed by atoms with Crippen LogP contribution in [-0.4, -0.2) is 28.0 Å². The summed E-state index contributed by atoms with van der Waals surface area (Å²) in [6.45, 7) is 1.50. The number of hydrogen-bond donors (Lipinski definition) is 2. The van der Waals surface area contributed by atoms with Crippen molar-refractivity contribution >= 4 is 30.7 Å². The fraction of sp³-hybridized carbons (Fsp3) is 0.545. The SMILES string of the molecule is Cl.Cl.N[C@@H](Cc1cn(Cc2ccccc2)cn1)C(=O)NCCCCC1CCCC1. The lowest BCUT2D eigenvalue weighted by Gasteiger charge is -2.12. The summed E-state index contributed by atoms with van der Waals surface area (Å²) in [5.41, 5.74) is 8.14. The maximum absolute atomic E-state index is 12.2. The Morgan fingerprint density at radius 1 is 1.17 bits per heavy atom. The Labute approximate surface area is 186 Å². The number of nitrogens with two attached hydrogens (primary N) is 1. The number of carbonyl (C=O) groups is 1. The maximum Gasteiger partial charge on any atom is 0.237 e. The number of aromatic nitrogens is 2. The molecule has 7 heteroatoms. The summed E-state index contributed by atoms with van der Waals surface area (Å²) in [6, 6.07) is 9.70. The second kappa shape index (κ2) is 13.6. The number of benzene rings is 1. The van der Waals surface area contributed by atoms with Crippen LogP contribution in [0.1, 0.15) is 56.2 Å². The van der Waals surface area contributed by atoms with Gasteiger partial charge in [-0.05, 0) is 17.9 Å². The number of imidazole rings is 1. The molecule has 162 valence electrons. The highest BCUT2D eigenvalue weighted by molar-refractivity contribution is 5.85. The molecule has 0 unspecified atom stereocenters. The van der Waals surface area contributed by atoms with E-state index in [4.69, 9.17) is 5.73 Å². The number of nitrogens with one attached hydrogen (secondary N) is 1. The molecule has 1 aliphatic carbocycles. The van der Waals surface area contributed by atoms with Crippen LogP contribution in [0, 0.1) is 5.92 Å². The Balaban J connectivity index is 0.00000210. The molecule has 0 aliphatic heterocycles. The van der Waals surface area contributed by atoms with Gasteiger partial charge in [-0.1, -0.05) is 68.9 Å². The fourth-order valence-corrected chi connectivity index (χ4v) is 3.91. The third-order valence-electron chi connectivity index (χ3n) is 5.47. The lowest BCUT2D eigenvalue weighted by Crippen LogP contribution is -2.42. The van der Waals surface area contributed by atoms with Gasteiger partial charge in [-0.15, -0.1) is 24.8 Å². The summed E-state index contributed by atoms with van der Waals surface area (Å²) in [6.07, 6.45) is 13.4. The predicted octanol–water partition coefficient (Wildman–Crippen LogP) is 4.12. The van der Waals surface area contributed by atoms with E-state index in [0.717, 1.165) is 31.1 Å². The van der Waals surface area contributed by atoms with Crippen molar-refractivity contribution in [3.63, 3.8) is 0 Å². The molecule has 0 radical (unpaired) electrons. The molecular formula is C22H34Cl2N4O. The first-order valence-electron chi connectivity index (χ1n) is 10.3. The van der Waals surface area contributed by atoms with Gasteiger partial charge in [0, 0.05) is 25.7 Å². The Morgan fingerprint density at radius 3 is 2.62 bits per heavy atom.